The second-order valence-electron chi connectivity index (χ2n) is 19.5. The molecule has 348 valence electrons. The van der Waals surface area contributed by atoms with Crippen LogP contribution in [0.3, 0.4) is 0 Å². The maximum atomic E-state index is 5.01. The summed E-state index contributed by atoms with van der Waals surface area (Å²) < 4.78 is 6.89. The SMILES string of the molecule is c1ccc2c(c1)ccc1c2c2ccccc2n2c3ccccc3nc12.c1ccc2c(c1)ccc1c3ccccc3n3c4ccccc4nc3c21.c1ccc2cc3c(cc2c1)c1ccccc1n1c2ccccc2nc31. The summed E-state index contributed by atoms with van der Waals surface area (Å²) >= 11 is 0. The molecule has 6 nitrogen and oxygen atoms in total. The molecule has 0 amide bonds. The molecule has 0 spiro atoms. The number of pyridine rings is 3. The molecule has 18 rings (SSSR count). The highest BCUT2D eigenvalue weighted by Crippen LogP contribution is 2.39. The fourth-order valence-corrected chi connectivity index (χ4v) is 12.1. The van der Waals surface area contributed by atoms with Crippen LogP contribution >= 0.6 is 0 Å². The third-order valence-electron chi connectivity index (χ3n) is 15.4. The zero-order chi connectivity index (χ0) is 49.1. The number of benzene rings is 12. The van der Waals surface area contributed by atoms with Crippen molar-refractivity contribution >= 4 is 147 Å². The van der Waals surface area contributed by atoms with E-state index in [1.807, 2.05) is 0 Å². The minimum atomic E-state index is 1.03. The van der Waals surface area contributed by atoms with E-state index < -0.39 is 0 Å². The normalized spacial score (nSPS) is 12.0. The lowest BCUT2D eigenvalue weighted by Crippen LogP contribution is -1.92. The largest absolute Gasteiger partial charge is 0.292 e. The highest BCUT2D eigenvalue weighted by molar-refractivity contribution is 6.25. The number of fused-ring (bicyclic) bond motifs is 29. The van der Waals surface area contributed by atoms with Gasteiger partial charge < -0.3 is 0 Å². The molecule has 0 saturated carbocycles. The summed E-state index contributed by atoms with van der Waals surface area (Å²) in [6.07, 6.45) is 0. The number of para-hydroxylation sites is 9. The Hall–Kier alpha value is -10.2. The van der Waals surface area contributed by atoms with Crippen LogP contribution in [-0.4, -0.2) is 28.2 Å². The van der Waals surface area contributed by atoms with Crippen molar-refractivity contribution in [1.82, 2.24) is 28.2 Å². The van der Waals surface area contributed by atoms with Crippen LogP contribution in [0.4, 0.5) is 0 Å². The predicted octanol–water partition coefficient (Wildman–Crippen LogP) is 17.8. The van der Waals surface area contributed by atoms with Gasteiger partial charge in [0.2, 0.25) is 0 Å². The first-order valence-electron chi connectivity index (χ1n) is 25.5. The van der Waals surface area contributed by atoms with Crippen molar-refractivity contribution in [3.05, 3.63) is 255 Å². The van der Waals surface area contributed by atoms with Crippen molar-refractivity contribution < 1.29 is 0 Å². The molecule has 0 unspecified atom stereocenters. The second kappa shape index (κ2) is 16.2. The summed E-state index contributed by atoms with van der Waals surface area (Å²) in [5, 5.41) is 18.8. The molecule has 0 fully saturated rings. The number of imidazole rings is 3. The van der Waals surface area contributed by atoms with E-state index in [1.54, 1.807) is 0 Å². The van der Waals surface area contributed by atoms with Gasteiger partial charge in [-0.1, -0.05) is 182 Å². The van der Waals surface area contributed by atoms with Gasteiger partial charge in [-0.2, -0.15) is 0 Å². The molecule has 6 aromatic heterocycles. The van der Waals surface area contributed by atoms with E-state index in [-0.39, 0.29) is 0 Å². The molecule has 0 aliphatic carbocycles. The highest BCUT2D eigenvalue weighted by Gasteiger charge is 2.18. The van der Waals surface area contributed by atoms with Crippen LogP contribution in [-0.2, 0) is 0 Å². The van der Waals surface area contributed by atoms with Crippen molar-refractivity contribution in [3.8, 4) is 0 Å². The van der Waals surface area contributed by atoms with Gasteiger partial charge in [-0.25, -0.2) is 15.0 Å². The minimum Gasteiger partial charge on any atom is -0.292 e. The predicted molar refractivity (Wildman–Crippen MR) is 316 cm³/mol. The fraction of sp³-hybridized carbons (Fsp3) is 0. The Morgan fingerprint density at radius 2 is 0.547 bits per heavy atom. The van der Waals surface area contributed by atoms with E-state index in [0.29, 0.717) is 0 Å². The molecular weight excluding hydrogens is 913 g/mol. The number of aromatic nitrogens is 6. The summed E-state index contributed by atoms with van der Waals surface area (Å²) in [5.74, 6) is 0. The van der Waals surface area contributed by atoms with E-state index in [1.165, 1.54) is 97.3 Å². The Bertz CT molecular complexity index is 5260. The Kier molecular flexibility index (Phi) is 8.94. The smallest absolute Gasteiger partial charge is 0.147 e. The summed E-state index contributed by atoms with van der Waals surface area (Å²) in [5.41, 5.74) is 13.3. The van der Waals surface area contributed by atoms with Gasteiger partial charge in [-0.05, 0) is 116 Å². The van der Waals surface area contributed by atoms with Crippen molar-refractivity contribution in [3.63, 3.8) is 0 Å². The van der Waals surface area contributed by atoms with Gasteiger partial charge in [0.25, 0.3) is 0 Å². The monoisotopic (exact) mass is 954 g/mol. The topological polar surface area (TPSA) is 51.9 Å². The summed E-state index contributed by atoms with van der Waals surface area (Å²) in [6.45, 7) is 0. The Morgan fingerprint density at radius 1 is 0.200 bits per heavy atom. The van der Waals surface area contributed by atoms with Gasteiger partial charge in [-0.15, -0.1) is 0 Å². The molecule has 0 aliphatic rings. The third kappa shape index (κ3) is 6.17. The van der Waals surface area contributed by atoms with Crippen molar-refractivity contribution in [2.75, 3.05) is 0 Å². The lowest BCUT2D eigenvalue weighted by atomic mass is 9.99. The van der Waals surface area contributed by atoms with Crippen molar-refractivity contribution in [2.45, 2.75) is 0 Å². The van der Waals surface area contributed by atoms with E-state index >= 15 is 0 Å². The molecule has 75 heavy (non-hydrogen) atoms. The van der Waals surface area contributed by atoms with Gasteiger partial charge in [0.05, 0.1) is 49.7 Å². The first-order chi connectivity index (χ1) is 37.2. The Balaban J connectivity index is 0.0000000953. The summed E-state index contributed by atoms with van der Waals surface area (Å²) in [7, 11) is 0. The average Bonchev–Trinajstić information content (AvgIpc) is 4.25. The second-order valence-corrected chi connectivity index (χ2v) is 19.5. The first-order valence-corrected chi connectivity index (χ1v) is 25.5. The molecule has 0 N–H and O–H groups in total. The van der Waals surface area contributed by atoms with E-state index in [0.717, 1.165) is 50.0 Å². The van der Waals surface area contributed by atoms with Gasteiger partial charge in [-0.3, -0.25) is 13.2 Å². The molecule has 6 heterocycles. The first kappa shape index (κ1) is 41.4. The zero-order valence-corrected chi connectivity index (χ0v) is 40.4. The quantitative estimate of drug-likeness (QED) is 0.112. The van der Waals surface area contributed by atoms with Gasteiger partial charge in [0, 0.05) is 37.7 Å². The van der Waals surface area contributed by atoms with Crippen LogP contribution in [0.25, 0.3) is 147 Å². The highest BCUT2D eigenvalue weighted by atomic mass is 15.0. The standard InChI is InChI=1S/3C23H14N2/c1-2-8-16-14-19-18(13-15(16)7-1)17-9-3-5-11-21(17)25-22-12-6-4-10-20(22)24-23(19)25;1-2-8-16-15(7-1)13-14-18-22(16)17-9-3-5-11-20(17)25-21-12-6-4-10-19(21)24-23(18)25;1-2-8-16-15(7-1)13-14-18-17-9-3-5-11-20(17)25-21-12-6-4-10-19(21)24-23(25)22(16)18/h3*1-14H. The van der Waals surface area contributed by atoms with E-state index in [4.69, 9.17) is 15.0 Å². The summed E-state index contributed by atoms with van der Waals surface area (Å²) in [6, 6.07) is 90.1. The van der Waals surface area contributed by atoms with Crippen LogP contribution in [0.5, 0.6) is 0 Å². The number of rotatable bonds is 0. The van der Waals surface area contributed by atoms with Gasteiger partial charge >= 0.3 is 0 Å². The van der Waals surface area contributed by atoms with Crippen LogP contribution < -0.4 is 0 Å². The molecule has 0 bridgehead atoms. The molecule has 0 aliphatic heterocycles. The third-order valence-corrected chi connectivity index (χ3v) is 15.4. The Morgan fingerprint density at radius 3 is 1.09 bits per heavy atom. The van der Waals surface area contributed by atoms with Gasteiger partial charge in [0.1, 0.15) is 16.9 Å². The fourth-order valence-electron chi connectivity index (χ4n) is 12.1. The van der Waals surface area contributed by atoms with E-state index in [9.17, 15) is 0 Å². The lowest BCUT2D eigenvalue weighted by molar-refractivity contribution is 1.32. The molecule has 0 atom stereocenters. The molecular formula is C69H42N6. The molecule has 0 radical (unpaired) electrons. The average molecular weight is 955 g/mol. The molecule has 6 heteroatoms. The minimum absolute atomic E-state index is 1.03. The lowest BCUT2D eigenvalue weighted by Gasteiger charge is -2.11. The molecule has 18 aromatic rings. The zero-order valence-electron chi connectivity index (χ0n) is 40.4. The number of hydrogen-bond donors (Lipinski definition) is 0. The molecule has 12 aromatic carbocycles. The van der Waals surface area contributed by atoms with Crippen LogP contribution in [0, 0.1) is 0 Å². The maximum Gasteiger partial charge on any atom is 0.147 e. The van der Waals surface area contributed by atoms with E-state index in [2.05, 4.69) is 268 Å². The maximum absolute atomic E-state index is 5.01. The Labute approximate surface area is 428 Å². The molecule has 0 saturated heterocycles. The number of hydrogen-bond acceptors (Lipinski definition) is 3. The van der Waals surface area contributed by atoms with Crippen LogP contribution in [0.2, 0.25) is 0 Å². The van der Waals surface area contributed by atoms with Crippen molar-refractivity contribution in [1.29, 1.82) is 0 Å². The van der Waals surface area contributed by atoms with Crippen LogP contribution in [0.15, 0.2) is 255 Å². The summed E-state index contributed by atoms with van der Waals surface area (Å²) in [4.78, 5) is 14.9. The van der Waals surface area contributed by atoms with Crippen molar-refractivity contribution in [2.24, 2.45) is 0 Å². The number of nitrogens with zero attached hydrogens (tertiary/aromatic N) is 6. The van der Waals surface area contributed by atoms with Gasteiger partial charge in [0.15, 0.2) is 0 Å². The van der Waals surface area contributed by atoms with Crippen LogP contribution in [0.1, 0.15) is 0 Å².